The highest BCUT2D eigenvalue weighted by atomic mass is 35.5. The topological polar surface area (TPSA) is 55.5 Å². The lowest BCUT2D eigenvalue weighted by Gasteiger charge is -2.43. The molecule has 112 valence electrons. The molecule has 1 fully saturated rings. The molecule has 2 unspecified atom stereocenters. The summed E-state index contributed by atoms with van der Waals surface area (Å²) in [6.07, 6.45) is 3.49. The monoisotopic (exact) mass is 305 g/mol. The smallest absolute Gasteiger partial charge is 0.127 e. The summed E-state index contributed by atoms with van der Waals surface area (Å²) >= 11 is 0. The first kappa shape index (κ1) is 14.6. The van der Waals surface area contributed by atoms with Crippen molar-refractivity contribution >= 4 is 23.2 Å². The summed E-state index contributed by atoms with van der Waals surface area (Å²) in [7, 11) is 0. The molecule has 0 bridgehead atoms. The average Bonchev–Trinajstić information content (AvgIpc) is 2.94. The van der Waals surface area contributed by atoms with E-state index in [1.54, 1.807) is 0 Å². The number of halogens is 1. The van der Waals surface area contributed by atoms with Gasteiger partial charge in [-0.2, -0.15) is 0 Å². The number of nitrogens with two attached hydrogens (primary N) is 1. The van der Waals surface area contributed by atoms with Gasteiger partial charge in [-0.1, -0.05) is 30.3 Å². The molecule has 2 aliphatic rings. The van der Waals surface area contributed by atoms with Gasteiger partial charge in [-0.15, -0.1) is 12.4 Å². The van der Waals surface area contributed by atoms with Crippen molar-refractivity contribution in [3.05, 3.63) is 42.0 Å². The number of fused-ring (bicyclic) bond motifs is 3. The van der Waals surface area contributed by atoms with Gasteiger partial charge in [0.15, 0.2) is 0 Å². The molecule has 2 aromatic carbocycles. The van der Waals surface area contributed by atoms with E-state index in [2.05, 4.69) is 6.07 Å². The Bertz CT molecular complexity index is 667. The summed E-state index contributed by atoms with van der Waals surface area (Å²) in [6.45, 7) is 0. The molecule has 1 saturated carbocycles. The normalized spacial score (nSPS) is 26.2. The molecule has 1 aliphatic carbocycles. The van der Waals surface area contributed by atoms with Crippen molar-refractivity contribution in [1.29, 1.82) is 0 Å². The first-order valence-electron chi connectivity index (χ1n) is 7.36. The Kier molecular flexibility index (Phi) is 3.60. The average molecular weight is 306 g/mol. The number of ether oxygens (including phenoxy) is 1. The number of aliphatic hydroxyl groups is 1. The van der Waals surface area contributed by atoms with Gasteiger partial charge in [-0.3, -0.25) is 0 Å². The van der Waals surface area contributed by atoms with Gasteiger partial charge in [0, 0.05) is 5.56 Å². The van der Waals surface area contributed by atoms with E-state index in [0.717, 1.165) is 47.8 Å². The maximum Gasteiger partial charge on any atom is 0.127 e. The van der Waals surface area contributed by atoms with Crippen molar-refractivity contribution in [2.75, 3.05) is 0 Å². The Morgan fingerprint density at radius 1 is 1.10 bits per heavy atom. The van der Waals surface area contributed by atoms with Gasteiger partial charge in [-0.05, 0) is 42.5 Å². The zero-order valence-corrected chi connectivity index (χ0v) is 12.6. The zero-order valence-electron chi connectivity index (χ0n) is 11.8. The lowest BCUT2D eigenvalue weighted by Crippen LogP contribution is -2.56. The minimum Gasteiger partial charge on any atom is -0.485 e. The first-order chi connectivity index (χ1) is 9.71. The Labute approximate surface area is 130 Å². The Morgan fingerprint density at radius 3 is 2.57 bits per heavy atom. The van der Waals surface area contributed by atoms with Crippen LogP contribution in [0.4, 0.5) is 0 Å². The molecule has 0 saturated heterocycles. The zero-order chi connectivity index (χ0) is 13.7. The molecule has 0 amide bonds. The van der Waals surface area contributed by atoms with Gasteiger partial charge >= 0.3 is 0 Å². The maximum atomic E-state index is 10.7. The highest BCUT2D eigenvalue weighted by Gasteiger charge is 2.49. The fourth-order valence-corrected chi connectivity index (χ4v) is 3.83. The second-order valence-electron chi connectivity index (χ2n) is 6.04. The highest BCUT2D eigenvalue weighted by molar-refractivity contribution is 5.88. The SMILES string of the molecule is Cl.NC1C(O)c2c(ccc3ccccc23)OC12CCCC2. The minimum atomic E-state index is -0.650. The fourth-order valence-electron chi connectivity index (χ4n) is 3.83. The maximum absolute atomic E-state index is 10.7. The predicted molar refractivity (Wildman–Crippen MR) is 86.0 cm³/mol. The summed E-state index contributed by atoms with van der Waals surface area (Å²) < 4.78 is 6.29. The van der Waals surface area contributed by atoms with Crippen LogP contribution < -0.4 is 10.5 Å². The number of hydrogen-bond donors (Lipinski definition) is 2. The van der Waals surface area contributed by atoms with Crippen LogP contribution in [0.5, 0.6) is 5.75 Å². The second kappa shape index (κ2) is 5.16. The summed E-state index contributed by atoms with van der Waals surface area (Å²) in [4.78, 5) is 0. The number of hydrogen-bond acceptors (Lipinski definition) is 3. The lowest BCUT2D eigenvalue weighted by atomic mass is 9.81. The molecular weight excluding hydrogens is 286 g/mol. The molecule has 3 N–H and O–H groups in total. The van der Waals surface area contributed by atoms with Crippen molar-refractivity contribution < 1.29 is 9.84 Å². The van der Waals surface area contributed by atoms with E-state index in [0.29, 0.717) is 0 Å². The van der Waals surface area contributed by atoms with Crippen LogP contribution in [0.2, 0.25) is 0 Å². The van der Waals surface area contributed by atoms with Crippen LogP contribution in [0.25, 0.3) is 10.8 Å². The van der Waals surface area contributed by atoms with Crippen LogP contribution >= 0.6 is 12.4 Å². The largest absolute Gasteiger partial charge is 0.485 e. The van der Waals surface area contributed by atoms with Gasteiger partial charge in [0.25, 0.3) is 0 Å². The van der Waals surface area contributed by atoms with E-state index in [4.69, 9.17) is 10.5 Å². The van der Waals surface area contributed by atoms with Gasteiger partial charge in [0.05, 0.1) is 6.04 Å². The Hall–Kier alpha value is -1.29. The molecular formula is C17H20ClNO2. The molecule has 4 rings (SSSR count). The molecule has 1 spiro atoms. The van der Waals surface area contributed by atoms with Crippen LogP contribution in [0.1, 0.15) is 37.4 Å². The molecule has 0 aromatic heterocycles. The van der Waals surface area contributed by atoms with E-state index in [9.17, 15) is 5.11 Å². The van der Waals surface area contributed by atoms with Crippen LogP contribution in [0.15, 0.2) is 36.4 Å². The molecule has 1 aliphatic heterocycles. The fraction of sp³-hybridized carbons (Fsp3) is 0.412. The van der Waals surface area contributed by atoms with Gasteiger partial charge in [-0.25, -0.2) is 0 Å². The van der Waals surface area contributed by atoms with Crippen molar-refractivity contribution in [2.45, 2.75) is 43.4 Å². The van der Waals surface area contributed by atoms with E-state index >= 15 is 0 Å². The van der Waals surface area contributed by atoms with Gasteiger partial charge in [0.1, 0.15) is 17.5 Å². The number of aliphatic hydroxyl groups excluding tert-OH is 1. The third-order valence-corrected chi connectivity index (χ3v) is 4.94. The minimum absolute atomic E-state index is 0. The Morgan fingerprint density at radius 2 is 1.81 bits per heavy atom. The summed E-state index contributed by atoms with van der Waals surface area (Å²) in [5.74, 6) is 0.805. The highest BCUT2D eigenvalue weighted by Crippen LogP contribution is 2.48. The lowest BCUT2D eigenvalue weighted by molar-refractivity contribution is -0.0306. The van der Waals surface area contributed by atoms with Crippen molar-refractivity contribution in [1.82, 2.24) is 0 Å². The van der Waals surface area contributed by atoms with E-state index < -0.39 is 6.10 Å². The molecule has 21 heavy (non-hydrogen) atoms. The van der Waals surface area contributed by atoms with E-state index in [1.807, 2.05) is 30.3 Å². The standard InChI is InChI=1S/C17H19NO2.ClH/c18-16-15(19)14-12-6-2-1-5-11(12)7-8-13(14)20-17(16)9-3-4-10-17;/h1-2,5-8,15-16,19H,3-4,9-10,18H2;1H. The summed E-state index contributed by atoms with van der Waals surface area (Å²) in [6, 6.07) is 11.8. The molecule has 1 heterocycles. The molecule has 2 aromatic rings. The van der Waals surface area contributed by atoms with E-state index in [-0.39, 0.29) is 24.0 Å². The summed E-state index contributed by atoms with van der Waals surface area (Å²) in [5.41, 5.74) is 6.84. The van der Waals surface area contributed by atoms with Crippen LogP contribution in [0, 0.1) is 0 Å². The third-order valence-electron chi connectivity index (χ3n) is 4.94. The first-order valence-corrected chi connectivity index (χ1v) is 7.36. The van der Waals surface area contributed by atoms with E-state index in [1.165, 1.54) is 0 Å². The number of rotatable bonds is 0. The van der Waals surface area contributed by atoms with Crippen LogP contribution in [0.3, 0.4) is 0 Å². The third kappa shape index (κ3) is 2.03. The molecule has 0 radical (unpaired) electrons. The number of benzene rings is 2. The van der Waals surface area contributed by atoms with Gasteiger partial charge in [0.2, 0.25) is 0 Å². The van der Waals surface area contributed by atoms with Crippen molar-refractivity contribution in [3.8, 4) is 5.75 Å². The Balaban J connectivity index is 0.00000132. The molecule has 2 atom stereocenters. The summed E-state index contributed by atoms with van der Waals surface area (Å²) in [5, 5.41) is 12.9. The van der Waals surface area contributed by atoms with Gasteiger partial charge < -0.3 is 15.6 Å². The van der Waals surface area contributed by atoms with Crippen LogP contribution in [-0.4, -0.2) is 16.7 Å². The van der Waals surface area contributed by atoms with Crippen molar-refractivity contribution in [2.24, 2.45) is 5.73 Å². The van der Waals surface area contributed by atoms with Crippen molar-refractivity contribution in [3.63, 3.8) is 0 Å². The molecule has 4 heteroatoms. The second-order valence-corrected chi connectivity index (χ2v) is 6.04. The quantitative estimate of drug-likeness (QED) is 0.785. The molecule has 3 nitrogen and oxygen atoms in total. The van der Waals surface area contributed by atoms with Crippen LogP contribution in [-0.2, 0) is 0 Å². The predicted octanol–water partition coefficient (Wildman–Crippen LogP) is 3.33.